The molecule has 1 saturated heterocycles. The van der Waals surface area contributed by atoms with Gasteiger partial charge in [0.05, 0.1) is 23.3 Å². The molecule has 38 heavy (non-hydrogen) atoms. The van der Waals surface area contributed by atoms with E-state index < -0.39 is 47.8 Å². The first-order chi connectivity index (χ1) is 17.3. The number of benzene rings is 1. The minimum Gasteiger partial charge on any atom is -0.448 e. The highest BCUT2D eigenvalue weighted by atomic mass is 16.7. The van der Waals surface area contributed by atoms with E-state index in [-0.39, 0.29) is 17.9 Å². The smallest absolute Gasteiger partial charge is 0.448 e. The summed E-state index contributed by atoms with van der Waals surface area (Å²) in [6.45, 7) is 19.5. The van der Waals surface area contributed by atoms with Gasteiger partial charge in [-0.05, 0) is 93.8 Å². The number of fused-ring (bicyclic) bond motifs is 1. The van der Waals surface area contributed by atoms with Crippen LogP contribution in [0.1, 0.15) is 76.2 Å². The average Bonchev–Trinajstić information content (AvgIpc) is 3.19. The molecule has 0 aliphatic carbocycles. The first kappa shape index (κ1) is 29.4. The lowest BCUT2D eigenvalue weighted by Gasteiger charge is -2.32. The van der Waals surface area contributed by atoms with Gasteiger partial charge in [0.25, 0.3) is 0 Å². The fourth-order valence-corrected chi connectivity index (χ4v) is 3.59. The Kier molecular flexibility index (Phi) is 7.66. The van der Waals surface area contributed by atoms with Crippen LogP contribution in [0.4, 0.5) is 20.2 Å². The molecule has 0 atom stereocenters. The second kappa shape index (κ2) is 9.89. The normalized spacial score (nSPS) is 16.9. The molecule has 2 heterocycles. The van der Waals surface area contributed by atoms with Gasteiger partial charge in [0, 0.05) is 5.39 Å². The van der Waals surface area contributed by atoms with Crippen molar-refractivity contribution in [2.45, 2.75) is 98.6 Å². The number of hydrogen-bond acceptors (Lipinski definition) is 9. The van der Waals surface area contributed by atoms with E-state index >= 15 is 0 Å². The highest BCUT2D eigenvalue weighted by molar-refractivity contribution is 6.62. The summed E-state index contributed by atoms with van der Waals surface area (Å²) in [6, 6.07) is 5.02. The van der Waals surface area contributed by atoms with E-state index in [1.165, 1.54) is 0 Å². The van der Waals surface area contributed by atoms with Gasteiger partial charge in [-0.3, -0.25) is 0 Å². The summed E-state index contributed by atoms with van der Waals surface area (Å²) >= 11 is 0. The fourth-order valence-electron chi connectivity index (χ4n) is 3.59. The first-order valence-corrected chi connectivity index (χ1v) is 12.6. The van der Waals surface area contributed by atoms with Gasteiger partial charge in [-0.2, -0.15) is 9.58 Å². The zero-order valence-corrected chi connectivity index (χ0v) is 24.1. The minimum atomic E-state index is -1.00. The molecule has 1 aromatic carbocycles. The maximum absolute atomic E-state index is 13.3. The first-order valence-electron chi connectivity index (χ1n) is 12.6. The predicted molar refractivity (Wildman–Crippen MR) is 143 cm³/mol. The van der Waals surface area contributed by atoms with Crippen LogP contribution < -0.4 is 10.4 Å². The van der Waals surface area contributed by atoms with Crippen LogP contribution >= 0.6 is 0 Å². The van der Waals surface area contributed by atoms with Crippen molar-refractivity contribution in [3.05, 3.63) is 18.2 Å². The second-order valence-corrected chi connectivity index (χ2v) is 12.1. The monoisotopic (exact) mass is 531 g/mol. The van der Waals surface area contributed by atoms with E-state index in [2.05, 4.69) is 5.10 Å². The Labute approximate surface area is 223 Å². The number of carbonyl (C=O) groups excluding carboxylic acids is 3. The molecule has 208 valence electrons. The van der Waals surface area contributed by atoms with Crippen molar-refractivity contribution < 1.29 is 37.9 Å². The Morgan fingerprint density at radius 3 is 1.89 bits per heavy atom. The standard InChI is InChI=1S/C26H38BN3O8/c1-12-34-22(33)30-18-15-16(27-37-25(8,9)26(10,11)38-27)13-14-17(18)19(28-30)29(20(31)35-23(2,3)4)21(32)36-24(5,6)7/h13-15H,12H2,1-11H3. The van der Waals surface area contributed by atoms with Crippen LogP contribution in [0.3, 0.4) is 0 Å². The molecule has 0 unspecified atom stereocenters. The maximum Gasteiger partial charge on any atom is 0.494 e. The molecule has 12 heteroatoms. The molecule has 2 aromatic rings. The Bertz CT molecular complexity index is 1200. The molecule has 3 rings (SSSR count). The van der Waals surface area contributed by atoms with Crippen LogP contribution in [0.2, 0.25) is 0 Å². The van der Waals surface area contributed by atoms with E-state index in [1.807, 2.05) is 27.7 Å². The Morgan fingerprint density at radius 2 is 1.45 bits per heavy atom. The van der Waals surface area contributed by atoms with E-state index in [0.717, 1.165) is 4.68 Å². The van der Waals surface area contributed by atoms with E-state index in [0.29, 0.717) is 15.7 Å². The summed E-state index contributed by atoms with van der Waals surface area (Å²) in [4.78, 5) is 40.1. The summed E-state index contributed by atoms with van der Waals surface area (Å²) in [6.07, 6.45) is -2.79. The number of amides is 2. The molecule has 0 radical (unpaired) electrons. The van der Waals surface area contributed by atoms with Gasteiger partial charge in [0.1, 0.15) is 11.2 Å². The van der Waals surface area contributed by atoms with Gasteiger partial charge in [0.15, 0.2) is 5.82 Å². The molecule has 0 spiro atoms. The lowest BCUT2D eigenvalue weighted by atomic mass is 9.79. The molecule has 1 aromatic heterocycles. The number of imide groups is 1. The lowest BCUT2D eigenvalue weighted by Crippen LogP contribution is -2.44. The van der Waals surface area contributed by atoms with Crippen molar-refractivity contribution in [3.63, 3.8) is 0 Å². The van der Waals surface area contributed by atoms with Crippen LogP contribution in [0, 0.1) is 0 Å². The molecule has 2 amide bonds. The number of ether oxygens (including phenoxy) is 3. The van der Waals surface area contributed by atoms with Crippen molar-refractivity contribution >= 4 is 47.6 Å². The second-order valence-electron chi connectivity index (χ2n) is 12.1. The van der Waals surface area contributed by atoms with Gasteiger partial charge in [0.2, 0.25) is 0 Å². The summed E-state index contributed by atoms with van der Waals surface area (Å²) in [5.41, 5.74) is -2.09. The van der Waals surface area contributed by atoms with Gasteiger partial charge >= 0.3 is 25.4 Å². The molecule has 0 N–H and O–H groups in total. The molecule has 0 saturated carbocycles. The Hall–Kier alpha value is -3.12. The topological polar surface area (TPSA) is 118 Å². The highest BCUT2D eigenvalue weighted by Crippen LogP contribution is 2.37. The van der Waals surface area contributed by atoms with Crippen molar-refractivity contribution in [2.75, 3.05) is 11.5 Å². The summed E-state index contributed by atoms with van der Waals surface area (Å²) < 4.78 is 29.5. The van der Waals surface area contributed by atoms with Gasteiger partial charge in [-0.1, -0.05) is 6.07 Å². The van der Waals surface area contributed by atoms with Crippen molar-refractivity contribution in [3.8, 4) is 0 Å². The van der Waals surface area contributed by atoms with E-state index in [4.69, 9.17) is 23.5 Å². The molecule has 0 bridgehead atoms. The molecule has 1 aliphatic rings. The van der Waals surface area contributed by atoms with Gasteiger partial charge < -0.3 is 23.5 Å². The zero-order chi connectivity index (χ0) is 28.8. The number of carbonyl (C=O) groups is 3. The lowest BCUT2D eigenvalue weighted by molar-refractivity contribution is 0.00578. The van der Waals surface area contributed by atoms with Gasteiger partial charge in [-0.15, -0.1) is 5.10 Å². The Balaban J connectivity index is 2.19. The molecular formula is C26H38BN3O8. The van der Waals surface area contributed by atoms with Gasteiger partial charge in [-0.25, -0.2) is 14.4 Å². The average molecular weight is 531 g/mol. The number of aromatic nitrogens is 2. The van der Waals surface area contributed by atoms with Crippen molar-refractivity contribution in [1.82, 2.24) is 9.78 Å². The van der Waals surface area contributed by atoms with Crippen LogP contribution in [0.15, 0.2) is 18.2 Å². The third-order valence-electron chi connectivity index (χ3n) is 6.02. The third kappa shape index (κ3) is 6.12. The number of nitrogens with zero attached hydrogens (tertiary/aromatic N) is 3. The molecular weight excluding hydrogens is 493 g/mol. The summed E-state index contributed by atoms with van der Waals surface area (Å²) in [5, 5.41) is 4.63. The number of anilines is 1. The van der Waals surface area contributed by atoms with Crippen LogP contribution in [0.25, 0.3) is 10.9 Å². The summed E-state index contributed by atoms with van der Waals surface area (Å²) in [5.74, 6) is -0.142. The predicted octanol–water partition coefficient (Wildman–Crippen LogP) is 5.02. The minimum absolute atomic E-state index is 0.0916. The number of rotatable bonds is 3. The maximum atomic E-state index is 13.3. The van der Waals surface area contributed by atoms with E-state index in [1.54, 1.807) is 66.7 Å². The zero-order valence-electron chi connectivity index (χ0n) is 24.1. The third-order valence-corrected chi connectivity index (χ3v) is 6.02. The molecule has 1 fully saturated rings. The quantitative estimate of drug-likeness (QED) is 0.397. The molecule has 1 aliphatic heterocycles. The molecule has 11 nitrogen and oxygen atoms in total. The van der Waals surface area contributed by atoms with Crippen molar-refractivity contribution in [1.29, 1.82) is 0 Å². The highest BCUT2D eigenvalue weighted by Gasteiger charge is 2.52. The largest absolute Gasteiger partial charge is 0.494 e. The van der Waals surface area contributed by atoms with Crippen LogP contribution in [-0.2, 0) is 23.5 Å². The van der Waals surface area contributed by atoms with E-state index in [9.17, 15) is 14.4 Å². The fraction of sp³-hybridized carbons (Fsp3) is 0.615. The van der Waals surface area contributed by atoms with Crippen molar-refractivity contribution in [2.24, 2.45) is 0 Å². The van der Waals surface area contributed by atoms with Crippen LogP contribution in [-0.4, -0.2) is 64.2 Å². The number of hydrogen-bond donors (Lipinski definition) is 0. The van der Waals surface area contributed by atoms with Crippen LogP contribution in [0.5, 0.6) is 0 Å². The SMILES string of the molecule is CCOC(=O)n1nc(N(C(=O)OC(C)(C)C)C(=O)OC(C)(C)C)c2ccc(B3OC(C)(C)C(C)(C)O3)cc21. The summed E-state index contributed by atoms with van der Waals surface area (Å²) in [7, 11) is -0.716. The Morgan fingerprint density at radius 1 is 0.947 bits per heavy atom.